The van der Waals surface area contributed by atoms with Crippen LogP contribution in [0.2, 0.25) is 5.02 Å². The molecule has 4 rings (SSSR count). The zero-order valence-corrected chi connectivity index (χ0v) is 16.2. The Bertz CT molecular complexity index is 1140. The van der Waals surface area contributed by atoms with Gasteiger partial charge in [-0.05, 0) is 36.4 Å². The summed E-state index contributed by atoms with van der Waals surface area (Å²) in [5, 5.41) is 4.60. The predicted octanol–water partition coefficient (Wildman–Crippen LogP) is 2.75. The van der Waals surface area contributed by atoms with Gasteiger partial charge in [-0.25, -0.2) is 8.42 Å². The number of benzene rings is 2. The summed E-state index contributed by atoms with van der Waals surface area (Å²) in [7, 11) is -3.89. The Labute approximate surface area is 166 Å². The van der Waals surface area contributed by atoms with Gasteiger partial charge in [0.25, 0.3) is 15.9 Å². The Hall–Kier alpha value is -2.62. The number of fused-ring (bicyclic) bond motifs is 1. The van der Waals surface area contributed by atoms with Crippen LogP contribution in [0.25, 0.3) is 11.0 Å². The maximum absolute atomic E-state index is 12.7. The van der Waals surface area contributed by atoms with Crippen LogP contribution in [0, 0.1) is 0 Å². The first-order chi connectivity index (χ1) is 13.4. The molecular weight excluding hydrogens is 406 g/mol. The largest absolute Gasteiger partial charge is 0.378 e. The minimum Gasteiger partial charge on any atom is -0.378 e. The van der Waals surface area contributed by atoms with E-state index in [0.717, 1.165) is 0 Å². The molecule has 28 heavy (non-hydrogen) atoms. The van der Waals surface area contributed by atoms with E-state index in [1.807, 2.05) is 0 Å². The van der Waals surface area contributed by atoms with Gasteiger partial charge in [-0.1, -0.05) is 22.8 Å². The van der Waals surface area contributed by atoms with Crippen LogP contribution in [-0.4, -0.2) is 50.7 Å². The number of amides is 1. The highest BCUT2D eigenvalue weighted by Crippen LogP contribution is 2.26. The first-order valence-electron chi connectivity index (χ1n) is 8.49. The third-order valence-electron chi connectivity index (χ3n) is 4.33. The zero-order valence-electron chi connectivity index (χ0n) is 14.6. The summed E-state index contributed by atoms with van der Waals surface area (Å²) < 4.78 is 38.4. The van der Waals surface area contributed by atoms with Gasteiger partial charge in [0.2, 0.25) is 0 Å². The number of carbonyl (C=O) groups excluding carboxylic acids is 1. The summed E-state index contributed by atoms with van der Waals surface area (Å²) in [4.78, 5) is 14.3. The van der Waals surface area contributed by atoms with Gasteiger partial charge in [0.1, 0.15) is 0 Å². The maximum Gasteiger partial charge on any atom is 0.276 e. The van der Waals surface area contributed by atoms with E-state index in [1.54, 1.807) is 23.1 Å². The van der Waals surface area contributed by atoms with Crippen LogP contribution in [0.1, 0.15) is 10.5 Å². The van der Waals surface area contributed by atoms with Gasteiger partial charge >= 0.3 is 0 Å². The number of hydrogen-bond donors (Lipinski definition) is 1. The third-order valence-corrected chi connectivity index (χ3v) is 5.94. The fourth-order valence-electron chi connectivity index (χ4n) is 2.92. The predicted molar refractivity (Wildman–Crippen MR) is 103 cm³/mol. The van der Waals surface area contributed by atoms with Gasteiger partial charge < -0.3 is 14.2 Å². The highest BCUT2D eigenvalue weighted by molar-refractivity contribution is 7.92. The summed E-state index contributed by atoms with van der Waals surface area (Å²) in [6, 6.07) is 10.6. The minimum atomic E-state index is -3.89. The first-order valence-corrected chi connectivity index (χ1v) is 10.3. The molecule has 0 saturated carbocycles. The lowest BCUT2D eigenvalue weighted by molar-refractivity contribution is 0.0297. The molecular formula is C18H16ClN3O5S. The molecule has 0 bridgehead atoms. The van der Waals surface area contributed by atoms with Gasteiger partial charge in [-0.15, -0.1) is 0 Å². The van der Waals surface area contributed by atoms with Crippen molar-refractivity contribution in [3.05, 3.63) is 53.2 Å². The molecule has 0 aliphatic carbocycles. The SMILES string of the molecule is O=C(c1noc2ccc(S(=O)(=O)Nc3cccc(Cl)c3)cc12)N1CCOCC1. The van der Waals surface area contributed by atoms with Crippen molar-refractivity contribution >= 4 is 44.2 Å². The number of ether oxygens (including phenoxy) is 1. The normalized spacial score (nSPS) is 15.0. The highest BCUT2D eigenvalue weighted by Gasteiger charge is 2.25. The second-order valence-electron chi connectivity index (χ2n) is 6.21. The van der Waals surface area contributed by atoms with Gasteiger partial charge in [-0.2, -0.15) is 0 Å². The fraction of sp³-hybridized carbons (Fsp3) is 0.222. The van der Waals surface area contributed by atoms with Crippen molar-refractivity contribution in [1.82, 2.24) is 10.1 Å². The first kappa shape index (κ1) is 18.7. The monoisotopic (exact) mass is 421 g/mol. The van der Waals surface area contributed by atoms with Crippen LogP contribution < -0.4 is 4.72 Å². The topological polar surface area (TPSA) is 102 Å². The van der Waals surface area contributed by atoms with Gasteiger partial charge in [0, 0.05) is 18.1 Å². The molecule has 1 N–H and O–H groups in total. The molecule has 1 aromatic heterocycles. The summed E-state index contributed by atoms with van der Waals surface area (Å²) in [6.45, 7) is 1.79. The molecule has 2 heterocycles. The minimum absolute atomic E-state index is 0.0146. The number of rotatable bonds is 4. The lowest BCUT2D eigenvalue weighted by Crippen LogP contribution is -2.40. The second kappa shape index (κ2) is 7.42. The Morgan fingerprint density at radius 3 is 2.68 bits per heavy atom. The van der Waals surface area contributed by atoms with E-state index in [4.69, 9.17) is 20.9 Å². The average molecular weight is 422 g/mol. The van der Waals surface area contributed by atoms with Crippen molar-refractivity contribution in [3.63, 3.8) is 0 Å². The van der Waals surface area contributed by atoms with E-state index < -0.39 is 10.0 Å². The van der Waals surface area contributed by atoms with E-state index in [-0.39, 0.29) is 16.5 Å². The van der Waals surface area contributed by atoms with Crippen LogP contribution >= 0.6 is 11.6 Å². The number of nitrogens with zero attached hydrogens (tertiary/aromatic N) is 2. The van der Waals surface area contributed by atoms with Crippen molar-refractivity contribution in [1.29, 1.82) is 0 Å². The number of carbonyl (C=O) groups is 1. The number of halogens is 1. The maximum atomic E-state index is 12.7. The summed E-state index contributed by atoms with van der Waals surface area (Å²) in [6.07, 6.45) is 0. The zero-order chi connectivity index (χ0) is 19.7. The molecule has 0 unspecified atom stereocenters. The molecule has 1 aliphatic heterocycles. The molecule has 146 valence electrons. The second-order valence-corrected chi connectivity index (χ2v) is 8.33. The van der Waals surface area contributed by atoms with Crippen LogP contribution in [0.15, 0.2) is 51.9 Å². The number of aromatic nitrogens is 1. The Morgan fingerprint density at radius 2 is 1.93 bits per heavy atom. The number of anilines is 1. The van der Waals surface area contributed by atoms with Crippen LogP contribution in [-0.2, 0) is 14.8 Å². The lowest BCUT2D eigenvalue weighted by Gasteiger charge is -2.25. The molecule has 0 radical (unpaired) electrons. The van der Waals surface area contributed by atoms with Crippen molar-refractivity contribution in [2.24, 2.45) is 0 Å². The molecule has 3 aromatic rings. The molecule has 1 amide bonds. The fourth-order valence-corrected chi connectivity index (χ4v) is 4.19. The number of sulfonamides is 1. The van der Waals surface area contributed by atoms with Gasteiger partial charge in [0.15, 0.2) is 11.3 Å². The molecule has 1 fully saturated rings. The number of morpholine rings is 1. The highest BCUT2D eigenvalue weighted by atomic mass is 35.5. The lowest BCUT2D eigenvalue weighted by atomic mass is 10.2. The molecule has 0 spiro atoms. The Balaban J connectivity index is 1.67. The standard InChI is InChI=1S/C18H16ClN3O5S/c19-12-2-1-3-13(10-12)21-28(24,25)14-4-5-16-15(11-14)17(20-27-16)18(23)22-6-8-26-9-7-22/h1-5,10-11,21H,6-9H2. The molecule has 10 heteroatoms. The Kier molecular flexibility index (Phi) is 4.96. The van der Waals surface area contributed by atoms with Crippen LogP contribution in [0.3, 0.4) is 0 Å². The smallest absolute Gasteiger partial charge is 0.276 e. The number of nitrogens with one attached hydrogen (secondary N) is 1. The quantitative estimate of drug-likeness (QED) is 0.695. The third kappa shape index (κ3) is 3.68. The van der Waals surface area contributed by atoms with E-state index in [0.29, 0.717) is 48.0 Å². The van der Waals surface area contributed by atoms with Gasteiger partial charge in [0.05, 0.1) is 29.2 Å². The van der Waals surface area contributed by atoms with Crippen LogP contribution in [0.4, 0.5) is 5.69 Å². The van der Waals surface area contributed by atoms with E-state index in [2.05, 4.69) is 9.88 Å². The molecule has 1 saturated heterocycles. The summed E-state index contributed by atoms with van der Waals surface area (Å²) in [5.41, 5.74) is 0.748. The van der Waals surface area contributed by atoms with Crippen molar-refractivity contribution < 1.29 is 22.5 Å². The summed E-state index contributed by atoms with van der Waals surface area (Å²) >= 11 is 5.91. The van der Waals surface area contributed by atoms with Crippen molar-refractivity contribution in [2.75, 3.05) is 31.0 Å². The van der Waals surface area contributed by atoms with Crippen molar-refractivity contribution in [3.8, 4) is 0 Å². The Morgan fingerprint density at radius 1 is 1.14 bits per heavy atom. The molecule has 8 nitrogen and oxygen atoms in total. The van der Waals surface area contributed by atoms with Gasteiger partial charge in [-0.3, -0.25) is 9.52 Å². The average Bonchev–Trinajstić information content (AvgIpc) is 3.11. The molecule has 1 aliphatic rings. The molecule has 2 aromatic carbocycles. The molecule has 0 atom stereocenters. The van der Waals surface area contributed by atoms with E-state index in [1.165, 1.54) is 24.3 Å². The van der Waals surface area contributed by atoms with E-state index in [9.17, 15) is 13.2 Å². The van der Waals surface area contributed by atoms with E-state index >= 15 is 0 Å². The van der Waals surface area contributed by atoms with Crippen LogP contribution in [0.5, 0.6) is 0 Å². The van der Waals surface area contributed by atoms with Crippen molar-refractivity contribution in [2.45, 2.75) is 4.90 Å². The number of hydrogen-bond acceptors (Lipinski definition) is 6. The summed E-state index contributed by atoms with van der Waals surface area (Å²) in [5.74, 6) is -0.320.